The average molecular weight is 255 g/mol. The fraction of sp³-hybridized carbons (Fsp3) is 0.375. The lowest BCUT2D eigenvalue weighted by molar-refractivity contribution is -0.0500. The third-order valence-electron chi connectivity index (χ3n) is 1.66. The van der Waals surface area contributed by atoms with Gasteiger partial charge in [-0.2, -0.15) is 21.6 Å². The molecule has 0 unspecified atom stereocenters. The molecule has 16 heavy (non-hydrogen) atoms. The summed E-state index contributed by atoms with van der Waals surface area (Å²) >= 11 is 0. The van der Waals surface area contributed by atoms with E-state index in [1.807, 2.05) is 0 Å². The molecule has 0 atom stereocenters. The van der Waals surface area contributed by atoms with Crippen LogP contribution >= 0.6 is 0 Å². The second kappa shape index (κ2) is 3.93. The fourth-order valence-corrected chi connectivity index (χ4v) is 1.43. The van der Waals surface area contributed by atoms with Crippen LogP contribution in [0.2, 0.25) is 0 Å². The second-order valence-electron chi connectivity index (χ2n) is 3.02. The molecule has 1 heterocycles. The molecule has 0 bridgehead atoms. The molecule has 0 spiro atoms. The number of halogens is 3. The molecule has 0 saturated carbocycles. The lowest BCUT2D eigenvalue weighted by Gasteiger charge is -2.10. The van der Waals surface area contributed by atoms with Crippen molar-refractivity contribution in [3.8, 4) is 5.75 Å². The van der Waals surface area contributed by atoms with Crippen molar-refractivity contribution in [2.24, 2.45) is 0 Å². The molecule has 4 nitrogen and oxygen atoms in total. The molecule has 1 rings (SSSR count). The van der Waals surface area contributed by atoms with Gasteiger partial charge < -0.3 is 4.18 Å². The predicted octanol–water partition coefficient (Wildman–Crippen LogP) is 1.93. The Kier molecular flexibility index (Phi) is 3.13. The summed E-state index contributed by atoms with van der Waals surface area (Å²) in [6.07, 6.45) is 0. The molecule has 1 aromatic rings. The van der Waals surface area contributed by atoms with E-state index in [9.17, 15) is 21.6 Å². The Hall–Kier alpha value is -1.31. The summed E-state index contributed by atoms with van der Waals surface area (Å²) in [6.45, 7) is 2.98. The van der Waals surface area contributed by atoms with Crippen molar-refractivity contribution in [1.82, 2.24) is 4.98 Å². The van der Waals surface area contributed by atoms with E-state index in [0.29, 0.717) is 5.69 Å². The maximum Gasteiger partial charge on any atom is 0.534 e. The minimum atomic E-state index is -5.63. The third-order valence-corrected chi connectivity index (χ3v) is 2.63. The first-order valence-electron chi connectivity index (χ1n) is 4.08. The van der Waals surface area contributed by atoms with Gasteiger partial charge in [0.25, 0.3) is 0 Å². The number of rotatable bonds is 2. The zero-order chi connectivity index (χ0) is 12.6. The molecule has 90 valence electrons. The van der Waals surface area contributed by atoms with E-state index in [1.54, 1.807) is 6.92 Å². The van der Waals surface area contributed by atoms with Crippen LogP contribution in [0.4, 0.5) is 13.2 Å². The van der Waals surface area contributed by atoms with Crippen LogP contribution in [-0.2, 0) is 10.1 Å². The molecule has 0 N–H and O–H groups in total. The van der Waals surface area contributed by atoms with Crippen LogP contribution in [0.3, 0.4) is 0 Å². The summed E-state index contributed by atoms with van der Waals surface area (Å²) in [5.74, 6) is -0.428. The van der Waals surface area contributed by atoms with E-state index in [-0.39, 0.29) is 5.69 Å². The Morgan fingerprint density at radius 2 is 1.81 bits per heavy atom. The van der Waals surface area contributed by atoms with Gasteiger partial charge in [-0.1, -0.05) is 0 Å². The minimum Gasteiger partial charge on any atom is -0.374 e. The van der Waals surface area contributed by atoms with Crippen LogP contribution in [0.25, 0.3) is 0 Å². The predicted molar refractivity (Wildman–Crippen MR) is 49.3 cm³/mol. The lowest BCUT2D eigenvalue weighted by Crippen LogP contribution is -2.28. The van der Waals surface area contributed by atoms with Crippen molar-refractivity contribution in [3.05, 3.63) is 23.5 Å². The highest BCUT2D eigenvalue weighted by Gasteiger charge is 2.48. The molecule has 0 amide bonds. The van der Waals surface area contributed by atoms with Crippen LogP contribution < -0.4 is 4.18 Å². The number of hydrogen-bond donors (Lipinski definition) is 0. The molecular formula is C8H8F3NO3S. The number of alkyl halides is 3. The van der Waals surface area contributed by atoms with E-state index < -0.39 is 21.4 Å². The maximum atomic E-state index is 12.0. The van der Waals surface area contributed by atoms with E-state index in [4.69, 9.17) is 0 Å². The highest BCUT2D eigenvalue weighted by molar-refractivity contribution is 7.88. The number of nitrogens with zero attached hydrogens (tertiary/aromatic N) is 1. The fourth-order valence-electron chi connectivity index (χ4n) is 0.927. The van der Waals surface area contributed by atoms with E-state index in [1.165, 1.54) is 13.0 Å². The summed E-state index contributed by atoms with van der Waals surface area (Å²) in [7, 11) is -5.63. The van der Waals surface area contributed by atoms with Gasteiger partial charge in [0, 0.05) is 5.69 Å². The molecule has 0 radical (unpaired) electrons. The summed E-state index contributed by atoms with van der Waals surface area (Å²) in [4.78, 5) is 3.78. The Balaban J connectivity index is 3.07. The molecular weight excluding hydrogens is 247 g/mol. The first-order chi connectivity index (χ1) is 7.13. The first-order valence-corrected chi connectivity index (χ1v) is 5.49. The van der Waals surface area contributed by atoms with Gasteiger partial charge in [-0.25, -0.2) is 0 Å². The molecule has 0 aliphatic rings. The van der Waals surface area contributed by atoms with Gasteiger partial charge in [0.15, 0.2) is 5.75 Å². The average Bonchev–Trinajstić information content (AvgIpc) is 2.08. The van der Waals surface area contributed by atoms with Crippen LogP contribution in [0, 0.1) is 13.8 Å². The smallest absolute Gasteiger partial charge is 0.374 e. The third kappa shape index (κ3) is 2.63. The van der Waals surface area contributed by atoms with Crippen LogP contribution in [0.15, 0.2) is 12.1 Å². The lowest BCUT2D eigenvalue weighted by atomic mass is 10.3. The van der Waals surface area contributed by atoms with Crippen LogP contribution in [-0.4, -0.2) is 18.9 Å². The minimum absolute atomic E-state index is 0.0767. The normalized spacial score (nSPS) is 12.6. The van der Waals surface area contributed by atoms with Gasteiger partial charge in [-0.15, -0.1) is 0 Å². The summed E-state index contributed by atoms with van der Waals surface area (Å²) in [6, 6.07) is 2.48. The molecule has 1 aromatic heterocycles. The molecule has 0 fully saturated rings. The van der Waals surface area contributed by atoms with Gasteiger partial charge >= 0.3 is 15.6 Å². The van der Waals surface area contributed by atoms with Gasteiger partial charge in [0.05, 0.1) is 5.69 Å². The number of aryl methyl sites for hydroxylation is 2. The first kappa shape index (κ1) is 12.8. The Labute approximate surface area is 90.2 Å². The number of hydrogen-bond acceptors (Lipinski definition) is 4. The molecule has 8 heteroatoms. The topological polar surface area (TPSA) is 56.3 Å². The molecule has 0 aliphatic carbocycles. The number of pyridine rings is 1. The van der Waals surface area contributed by atoms with Crippen LogP contribution in [0.1, 0.15) is 11.4 Å². The number of aromatic nitrogens is 1. The van der Waals surface area contributed by atoms with Crippen LogP contribution in [0.5, 0.6) is 5.75 Å². The standard InChI is InChI=1S/C8H8F3NO3S/c1-5-3-4-7(6(2)12-5)15-16(13,14)8(9,10)11/h3-4H,1-2H3. The van der Waals surface area contributed by atoms with Crippen molar-refractivity contribution in [2.45, 2.75) is 19.4 Å². The Morgan fingerprint density at radius 3 is 2.25 bits per heavy atom. The van der Waals surface area contributed by atoms with E-state index >= 15 is 0 Å². The van der Waals surface area contributed by atoms with E-state index in [2.05, 4.69) is 9.17 Å². The largest absolute Gasteiger partial charge is 0.534 e. The zero-order valence-corrected chi connectivity index (χ0v) is 9.19. The summed E-state index contributed by atoms with van der Waals surface area (Å²) in [5, 5.41) is 0. The van der Waals surface area contributed by atoms with Gasteiger partial charge in [-0.3, -0.25) is 4.98 Å². The summed E-state index contributed by atoms with van der Waals surface area (Å²) < 4.78 is 61.3. The van der Waals surface area contributed by atoms with Crippen molar-refractivity contribution >= 4 is 10.1 Å². The zero-order valence-electron chi connectivity index (χ0n) is 8.37. The van der Waals surface area contributed by atoms with Gasteiger partial charge in [0.2, 0.25) is 0 Å². The van der Waals surface area contributed by atoms with Gasteiger partial charge in [0.1, 0.15) is 0 Å². The van der Waals surface area contributed by atoms with E-state index in [0.717, 1.165) is 6.07 Å². The molecule has 0 aliphatic heterocycles. The Bertz CT molecular complexity index is 496. The van der Waals surface area contributed by atoms with Crippen molar-refractivity contribution in [1.29, 1.82) is 0 Å². The maximum absolute atomic E-state index is 12.0. The quantitative estimate of drug-likeness (QED) is 0.598. The highest BCUT2D eigenvalue weighted by atomic mass is 32.2. The summed E-state index contributed by atoms with van der Waals surface area (Å²) in [5.41, 5.74) is -4.81. The Morgan fingerprint density at radius 1 is 1.25 bits per heavy atom. The SMILES string of the molecule is Cc1ccc(OS(=O)(=O)C(F)(F)F)c(C)n1. The van der Waals surface area contributed by atoms with Crippen molar-refractivity contribution in [2.75, 3.05) is 0 Å². The molecule has 0 aromatic carbocycles. The monoisotopic (exact) mass is 255 g/mol. The highest BCUT2D eigenvalue weighted by Crippen LogP contribution is 2.27. The molecule has 0 saturated heterocycles. The van der Waals surface area contributed by atoms with Gasteiger partial charge in [-0.05, 0) is 26.0 Å². The second-order valence-corrected chi connectivity index (χ2v) is 4.56. The van der Waals surface area contributed by atoms with Crippen molar-refractivity contribution < 1.29 is 25.8 Å². The van der Waals surface area contributed by atoms with Crippen molar-refractivity contribution in [3.63, 3.8) is 0 Å².